The van der Waals surface area contributed by atoms with Gasteiger partial charge in [-0.15, -0.1) is 0 Å². The number of nitrogens with zero attached hydrogens (tertiary/aromatic N) is 3. The first kappa shape index (κ1) is 23.8. The molecule has 3 N–H and O–H groups in total. The first-order valence-electron chi connectivity index (χ1n) is 8.79. The highest BCUT2D eigenvalue weighted by atomic mass is 32.2. The molecule has 33 heavy (non-hydrogen) atoms. The van der Waals surface area contributed by atoms with E-state index >= 15 is 0 Å². The molecule has 15 heteroatoms. The Kier molecular flexibility index (Phi) is 6.73. The molecule has 0 bridgehead atoms. The van der Waals surface area contributed by atoms with Crippen LogP contribution in [0.5, 0.6) is 0 Å². The van der Waals surface area contributed by atoms with Crippen molar-refractivity contribution in [2.45, 2.75) is 11.1 Å². The normalized spacial score (nSPS) is 11.5. The van der Waals surface area contributed by atoms with Gasteiger partial charge in [0.15, 0.2) is 5.11 Å². The van der Waals surface area contributed by atoms with Gasteiger partial charge in [0.1, 0.15) is 0 Å². The molecule has 0 saturated carbocycles. The lowest BCUT2D eigenvalue weighted by Crippen LogP contribution is -2.22. The number of nitro benzene ring substituents is 1. The number of aromatic nitrogens is 2. The summed E-state index contributed by atoms with van der Waals surface area (Å²) in [5.41, 5.74) is -2.20. The van der Waals surface area contributed by atoms with Gasteiger partial charge in [-0.2, -0.15) is 13.2 Å². The number of rotatable bonds is 6. The molecule has 0 unspecified atom stereocenters. The highest BCUT2D eigenvalue weighted by Crippen LogP contribution is 2.37. The smallest absolute Gasteiger partial charge is 0.332 e. The van der Waals surface area contributed by atoms with Crippen molar-refractivity contribution in [3.8, 4) is 0 Å². The summed E-state index contributed by atoms with van der Waals surface area (Å²) >= 11 is 5.01. The molecular weight excluding hydrogens is 485 g/mol. The van der Waals surface area contributed by atoms with Gasteiger partial charge in [-0.1, -0.05) is 0 Å². The number of sulfonamides is 1. The summed E-state index contributed by atoms with van der Waals surface area (Å²) in [6.45, 7) is 0. The van der Waals surface area contributed by atoms with E-state index in [1.165, 1.54) is 42.7 Å². The third-order valence-corrected chi connectivity index (χ3v) is 5.53. The molecule has 0 aliphatic carbocycles. The van der Waals surface area contributed by atoms with E-state index in [0.717, 1.165) is 12.1 Å². The van der Waals surface area contributed by atoms with Crippen LogP contribution in [0.4, 0.5) is 36.2 Å². The van der Waals surface area contributed by atoms with Gasteiger partial charge in [0.05, 0.1) is 21.1 Å². The van der Waals surface area contributed by atoms with Gasteiger partial charge >= 0.3 is 6.18 Å². The molecule has 0 radical (unpaired) electrons. The first-order chi connectivity index (χ1) is 15.5. The van der Waals surface area contributed by atoms with Crippen molar-refractivity contribution >= 4 is 50.4 Å². The molecule has 0 saturated heterocycles. The summed E-state index contributed by atoms with van der Waals surface area (Å²) in [7, 11) is -3.97. The first-order valence-corrected chi connectivity index (χ1v) is 10.7. The van der Waals surface area contributed by atoms with Crippen molar-refractivity contribution in [3.05, 3.63) is 76.6 Å². The Morgan fingerprint density at radius 2 is 1.67 bits per heavy atom. The maximum atomic E-state index is 13.3. The molecule has 3 rings (SSSR count). The molecule has 10 nitrogen and oxygen atoms in total. The van der Waals surface area contributed by atoms with E-state index in [-0.39, 0.29) is 21.6 Å². The van der Waals surface area contributed by atoms with Gasteiger partial charge in [0.25, 0.3) is 15.7 Å². The molecule has 2 aromatic carbocycles. The van der Waals surface area contributed by atoms with Gasteiger partial charge in [0, 0.05) is 30.2 Å². The monoisotopic (exact) mass is 498 g/mol. The van der Waals surface area contributed by atoms with Gasteiger partial charge < -0.3 is 10.6 Å². The van der Waals surface area contributed by atoms with E-state index in [0.29, 0.717) is 6.07 Å². The van der Waals surface area contributed by atoms with Crippen molar-refractivity contribution in [2.24, 2.45) is 0 Å². The lowest BCUT2D eigenvalue weighted by molar-refractivity contribution is -0.385. The molecule has 0 amide bonds. The van der Waals surface area contributed by atoms with E-state index in [1.54, 1.807) is 0 Å². The van der Waals surface area contributed by atoms with Crippen LogP contribution in [-0.2, 0) is 16.2 Å². The maximum absolute atomic E-state index is 13.3. The lowest BCUT2D eigenvalue weighted by atomic mass is 10.1. The van der Waals surface area contributed by atoms with Crippen LogP contribution in [0.25, 0.3) is 0 Å². The van der Waals surface area contributed by atoms with E-state index in [1.807, 2.05) is 0 Å². The summed E-state index contributed by atoms with van der Waals surface area (Å²) in [4.78, 5) is 17.3. The topological polar surface area (TPSA) is 139 Å². The number of thiocarbonyl (C=S) groups is 1. The Bertz CT molecular complexity index is 1290. The highest BCUT2D eigenvalue weighted by Gasteiger charge is 2.35. The number of nitro groups is 1. The number of benzene rings is 2. The maximum Gasteiger partial charge on any atom is 0.418 e. The van der Waals surface area contributed by atoms with Crippen LogP contribution in [-0.4, -0.2) is 28.4 Å². The molecule has 3 aromatic rings. The molecule has 0 aliphatic rings. The molecule has 172 valence electrons. The molecule has 0 atom stereocenters. The van der Waals surface area contributed by atoms with Crippen molar-refractivity contribution in [1.82, 2.24) is 9.97 Å². The quantitative estimate of drug-likeness (QED) is 0.261. The third-order valence-electron chi connectivity index (χ3n) is 3.98. The summed E-state index contributed by atoms with van der Waals surface area (Å²) in [6, 6.07) is 8.87. The average Bonchev–Trinajstić information content (AvgIpc) is 2.74. The molecule has 0 aliphatic heterocycles. The number of hydrogen-bond donors (Lipinski definition) is 3. The highest BCUT2D eigenvalue weighted by molar-refractivity contribution is 7.92. The third kappa shape index (κ3) is 6.11. The number of anilines is 3. The number of halogens is 3. The summed E-state index contributed by atoms with van der Waals surface area (Å²) in [5.74, 6) is -0.117. The van der Waals surface area contributed by atoms with Crippen LogP contribution in [0, 0.1) is 10.1 Å². The Morgan fingerprint density at radius 1 is 1.03 bits per heavy atom. The van der Waals surface area contributed by atoms with Crippen LogP contribution >= 0.6 is 12.2 Å². The minimum Gasteiger partial charge on any atom is -0.332 e. The largest absolute Gasteiger partial charge is 0.418 e. The second-order valence-electron chi connectivity index (χ2n) is 6.27. The Balaban J connectivity index is 1.72. The van der Waals surface area contributed by atoms with Crippen LogP contribution in [0.3, 0.4) is 0 Å². The number of non-ortho nitro benzene ring substituents is 1. The van der Waals surface area contributed by atoms with E-state index in [9.17, 15) is 31.7 Å². The average molecular weight is 498 g/mol. The predicted molar refractivity (Wildman–Crippen MR) is 117 cm³/mol. The fourth-order valence-electron chi connectivity index (χ4n) is 2.52. The minimum atomic E-state index is -4.87. The zero-order chi connectivity index (χ0) is 24.2. The Labute approximate surface area is 190 Å². The van der Waals surface area contributed by atoms with E-state index in [4.69, 9.17) is 12.2 Å². The minimum absolute atomic E-state index is 0.117. The molecule has 1 aromatic heterocycles. The SMILES string of the molecule is O=[N+]([O-])c1ccc(NC(=S)Nc2ccc(S(=O)(=O)Nc3ncccn3)cc2)c(C(F)(F)F)c1. The predicted octanol–water partition coefficient (Wildman–Crippen LogP) is 4.01. The number of nitrogens with one attached hydrogen (secondary N) is 3. The zero-order valence-electron chi connectivity index (χ0n) is 16.2. The van der Waals surface area contributed by atoms with Crippen LogP contribution in [0.1, 0.15) is 5.56 Å². The fraction of sp³-hybridized carbons (Fsp3) is 0.0556. The van der Waals surface area contributed by atoms with Crippen molar-refractivity contribution in [1.29, 1.82) is 0 Å². The van der Waals surface area contributed by atoms with E-state index < -0.39 is 38.1 Å². The van der Waals surface area contributed by atoms with Crippen LogP contribution < -0.4 is 15.4 Å². The van der Waals surface area contributed by atoms with Crippen molar-refractivity contribution in [2.75, 3.05) is 15.4 Å². The second kappa shape index (κ2) is 9.33. The Morgan fingerprint density at radius 3 is 2.24 bits per heavy atom. The van der Waals surface area contributed by atoms with Crippen molar-refractivity contribution < 1.29 is 26.5 Å². The Hall–Kier alpha value is -3.85. The summed E-state index contributed by atoms with van der Waals surface area (Å²) in [5, 5.41) is 15.5. The van der Waals surface area contributed by atoms with Gasteiger partial charge in [-0.25, -0.2) is 23.1 Å². The molecule has 0 spiro atoms. The van der Waals surface area contributed by atoms with E-state index in [2.05, 4.69) is 25.3 Å². The fourth-order valence-corrected chi connectivity index (χ4v) is 3.71. The molecule has 1 heterocycles. The zero-order valence-corrected chi connectivity index (χ0v) is 17.8. The lowest BCUT2D eigenvalue weighted by Gasteiger charge is -2.16. The summed E-state index contributed by atoms with van der Waals surface area (Å²) < 4.78 is 66.8. The standard InChI is InChI=1S/C18H13F3N6O4S2/c19-18(20,21)14-10-12(27(28)29)4-7-15(14)25-17(32)24-11-2-5-13(6-3-11)33(30,31)26-16-22-8-1-9-23-16/h1-10H,(H,22,23,26)(H2,24,25,32). The van der Waals surface area contributed by atoms with Crippen LogP contribution in [0.15, 0.2) is 65.8 Å². The van der Waals surface area contributed by atoms with Gasteiger partial charge in [-0.05, 0) is 48.6 Å². The number of hydrogen-bond acceptors (Lipinski definition) is 7. The van der Waals surface area contributed by atoms with Crippen molar-refractivity contribution in [3.63, 3.8) is 0 Å². The second-order valence-corrected chi connectivity index (χ2v) is 8.36. The summed E-state index contributed by atoms with van der Waals surface area (Å²) in [6.07, 6.45) is -2.14. The van der Waals surface area contributed by atoms with Gasteiger partial charge in [-0.3, -0.25) is 10.1 Å². The van der Waals surface area contributed by atoms with Gasteiger partial charge in [0.2, 0.25) is 5.95 Å². The molecule has 0 fully saturated rings. The number of alkyl halides is 3. The molecular formula is C18H13F3N6O4S2. The van der Waals surface area contributed by atoms with Crippen LogP contribution in [0.2, 0.25) is 0 Å².